The maximum atomic E-state index is 6.26. The smallest absolute Gasteiger partial charge is 0.0491 e. The molecule has 0 radical (unpaired) electrons. The average Bonchev–Trinajstić information content (AvgIpc) is 2.37. The SMILES string of the molecule is Cc1cccc(C(N)C(N)c2cccc(C)c2)c1. The molecular formula is C16H20N2. The first-order chi connectivity index (χ1) is 8.58. The van der Waals surface area contributed by atoms with Gasteiger partial charge in [-0.3, -0.25) is 0 Å². The van der Waals surface area contributed by atoms with Gasteiger partial charge in [-0.05, 0) is 25.0 Å². The first kappa shape index (κ1) is 12.8. The minimum absolute atomic E-state index is 0.174. The third kappa shape index (κ3) is 2.78. The summed E-state index contributed by atoms with van der Waals surface area (Å²) in [5.74, 6) is 0. The summed E-state index contributed by atoms with van der Waals surface area (Å²) in [7, 11) is 0. The fourth-order valence-electron chi connectivity index (χ4n) is 2.17. The van der Waals surface area contributed by atoms with Crippen molar-refractivity contribution < 1.29 is 0 Å². The van der Waals surface area contributed by atoms with Gasteiger partial charge in [-0.25, -0.2) is 0 Å². The summed E-state index contributed by atoms with van der Waals surface area (Å²) in [6.07, 6.45) is 0. The molecule has 2 nitrogen and oxygen atoms in total. The molecule has 0 fully saturated rings. The van der Waals surface area contributed by atoms with Crippen molar-refractivity contribution in [3.63, 3.8) is 0 Å². The molecule has 0 heterocycles. The van der Waals surface area contributed by atoms with Gasteiger partial charge in [-0.1, -0.05) is 59.7 Å². The second-order valence-electron chi connectivity index (χ2n) is 4.88. The molecule has 0 bridgehead atoms. The molecule has 0 spiro atoms. The quantitative estimate of drug-likeness (QED) is 0.866. The summed E-state index contributed by atoms with van der Waals surface area (Å²) in [5, 5.41) is 0. The lowest BCUT2D eigenvalue weighted by Crippen LogP contribution is -2.26. The number of rotatable bonds is 3. The maximum Gasteiger partial charge on any atom is 0.0491 e. The molecule has 0 amide bonds. The molecule has 18 heavy (non-hydrogen) atoms. The summed E-state index contributed by atoms with van der Waals surface area (Å²) in [5.41, 5.74) is 17.1. The Morgan fingerprint density at radius 2 is 1.11 bits per heavy atom. The number of aryl methyl sites for hydroxylation is 2. The van der Waals surface area contributed by atoms with Crippen LogP contribution in [0.3, 0.4) is 0 Å². The summed E-state index contributed by atoms with van der Waals surface area (Å²) in [4.78, 5) is 0. The van der Waals surface area contributed by atoms with Gasteiger partial charge in [0.1, 0.15) is 0 Å². The molecule has 0 saturated heterocycles. The lowest BCUT2D eigenvalue weighted by Gasteiger charge is -2.21. The summed E-state index contributed by atoms with van der Waals surface area (Å²) >= 11 is 0. The van der Waals surface area contributed by atoms with E-state index in [1.54, 1.807) is 0 Å². The van der Waals surface area contributed by atoms with Crippen LogP contribution in [0, 0.1) is 13.8 Å². The predicted octanol–water partition coefficient (Wildman–Crippen LogP) is 3.00. The zero-order valence-corrected chi connectivity index (χ0v) is 10.9. The van der Waals surface area contributed by atoms with Crippen molar-refractivity contribution in [3.05, 3.63) is 70.8 Å². The molecule has 94 valence electrons. The molecule has 2 unspecified atom stereocenters. The predicted molar refractivity (Wildman–Crippen MR) is 76.2 cm³/mol. The van der Waals surface area contributed by atoms with Crippen LogP contribution in [-0.4, -0.2) is 0 Å². The van der Waals surface area contributed by atoms with Gasteiger partial charge < -0.3 is 11.5 Å². The Kier molecular flexibility index (Phi) is 3.80. The third-order valence-electron chi connectivity index (χ3n) is 3.24. The van der Waals surface area contributed by atoms with Gasteiger partial charge in [0.25, 0.3) is 0 Å². The van der Waals surface area contributed by atoms with E-state index in [0.717, 1.165) is 11.1 Å². The topological polar surface area (TPSA) is 52.0 Å². The Morgan fingerprint density at radius 3 is 1.44 bits per heavy atom. The van der Waals surface area contributed by atoms with Crippen LogP contribution in [0.4, 0.5) is 0 Å². The van der Waals surface area contributed by atoms with E-state index >= 15 is 0 Å². The van der Waals surface area contributed by atoms with E-state index < -0.39 is 0 Å². The monoisotopic (exact) mass is 240 g/mol. The van der Waals surface area contributed by atoms with Gasteiger partial charge >= 0.3 is 0 Å². The second kappa shape index (κ2) is 5.34. The number of nitrogens with two attached hydrogens (primary N) is 2. The van der Waals surface area contributed by atoms with Crippen LogP contribution in [0.1, 0.15) is 34.3 Å². The van der Waals surface area contributed by atoms with Crippen LogP contribution in [0.2, 0.25) is 0 Å². The zero-order chi connectivity index (χ0) is 13.1. The van der Waals surface area contributed by atoms with Gasteiger partial charge in [-0.2, -0.15) is 0 Å². The fourth-order valence-corrected chi connectivity index (χ4v) is 2.17. The molecule has 2 heteroatoms. The summed E-state index contributed by atoms with van der Waals surface area (Å²) in [6, 6.07) is 16.1. The molecule has 2 rings (SSSR count). The first-order valence-corrected chi connectivity index (χ1v) is 6.22. The van der Waals surface area contributed by atoms with Crippen molar-refractivity contribution in [3.8, 4) is 0 Å². The van der Waals surface area contributed by atoms with Crippen LogP contribution in [0.25, 0.3) is 0 Å². The van der Waals surface area contributed by atoms with Crippen molar-refractivity contribution >= 4 is 0 Å². The summed E-state index contributed by atoms with van der Waals surface area (Å²) in [6.45, 7) is 4.13. The number of hydrogen-bond donors (Lipinski definition) is 2. The average molecular weight is 240 g/mol. The minimum Gasteiger partial charge on any atom is -0.322 e. The van der Waals surface area contributed by atoms with Crippen molar-refractivity contribution in [1.29, 1.82) is 0 Å². The van der Waals surface area contributed by atoms with Crippen LogP contribution >= 0.6 is 0 Å². The van der Waals surface area contributed by atoms with Crippen molar-refractivity contribution in [2.45, 2.75) is 25.9 Å². The zero-order valence-electron chi connectivity index (χ0n) is 10.9. The van der Waals surface area contributed by atoms with Crippen molar-refractivity contribution in [2.75, 3.05) is 0 Å². The molecule has 0 aromatic heterocycles. The standard InChI is InChI=1S/C16H20N2/c1-11-5-3-7-13(9-11)15(17)16(18)14-8-4-6-12(2)10-14/h3-10,15-16H,17-18H2,1-2H3. The third-order valence-corrected chi connectivity index (χ3v) is 3.24. The highest BCUT2D eigenvalue weighted by Gasteiger charge is 2.17. The molecule has 0 saturated carbocycles. The van der Waals surface area contributed by atoms with Gasteiger partial charge in [0, 0.05) is 12.1 Å². The molecule has 0 aliphatic heterocycles. The van der Waals surface area contributed by atoms with Gasteiger partial charge in [0.15, 0.2) is 0 Å². The van der Waals surface area contributed by atoms with E-state index in [-0.39, 0.29) is 12.1 Å². The molecular weight excluding hydrogens is 220 g/mol. The van der Waals surface area contributed by atoms with E-state index in [4.69, 9.17) is 11.5 Å². The Hall–Kier alpha value is -1.64. The highest BCUT2D eigenvalue weighted by molar-refractivity contribution is 5.31. The van der Waals surface area contributed by atoms with E-state index in [0.29, 0.717) is 0 Å². The van der Waals surface area contributed by atoms with Crippen LogP contribution in [-0.2, 0) is 0 Å². The highest BCUT2D eigenvalue weighted by Crippen LogP contribution is 2.25. The van der Waals surface area contributed by atoms with Crippen molar-refractivity contribution in [1.82, 2.24) is 0 Å². The molecule has 2 aromatic carbocycles. The maximum absolute atomic E-state index is 6.26. The number of hydrogen-bond acceptors (Lipinski definition) is 2. The van der Waals surface area contributed by atoms with E-state index in [1.807, 2.05) is 24.3 Å². The summed E-state index contributed by atoms with van der Waals surface area (Å²) < 4.78 is 0. The van der Waals surface area contributed by atoms with Gasteiger partial charge in [0.2, 0.25) is 0 Å². The lowest BCUT2D eigenvalue weighted by molar-refractivity contribution is 0.574. The van der Waals surface area contributed by atoms with Crippen LogP contribution in [0.5, 0.6) is 0 Å². The van der Waals surface area contributed by atoms with Crippen molar-refractivity contribution in [2.24, 2.45) is 11.5 Å². The molecule has 0 aliphatic carbocycles. The number of benzene rings is 2. The molecule has 2 atom stereocenters. The van der Waals surface area contributed by atoms with Crippen LogP contribution in [0.15, 0.2) is 48.5 Å². The van der Waals surface area contributed by atoms with Gasteiger partial charge in [0.05, 0.1) is 0 Å². The molecule has 0 aliphatic rings. The van der Waals surface area contributed by atoms with E-state index in [2.05, 4.69) is 38.1 Å². The lowest BCUT2D eigenvalue weighted by atomic mass is 9.93. The van der Waals surface area contributed by atoms with E-state index in [1.165, 1.54) is 11.1 Å². The Morgan fingerprint density at radius 1 is 0.722 bits per heavy atom. The largest absolute Gasteiger partial charge is 0.322 e. The van der Waals surface area contributed by atoms with Gasteiger partial charge in [-0.15, -0.1) is 0 Å². The Balaban J connectivity index is 2.26. The van der Waals surface area contributed by atoms with E-state index in [9.17, 15) is 0 Å². The Labute approximate surface area is 109 Å². The fraction of sp³-hybridized carbons (Fsp3) is 0.250. The second-order valence-corrected chi connectivity index (χ2v) is 4.88. The highest BCUT2D eigenvalue weighted by atomic mass is 14.8. The normalized spacial score (nSPS) is 14.2. The molecule has 4 N–H and O–H groups in total. The molecule has 2 aromatic rings. The first-order valence-electron chi connectivity index (χ1n) is 6.22. The Bertz CT molecular complexity index is 485. The van der Waals surface area contributed by atoms with Crippen LogP contribution < -0.4 is 11.5 Å². The minimum atomic E-state index is -0.174.